The number of aliphatic hydroxyl groups excluding tert-OH is 2. The first-order valence-corrected chi connectivity index (χ1v) is 6.63. The van der Waals surface area contributed by atoms with Crippen LogP contribution in [0.1, 0.15) is 5.56 Å². The Morgan fingerprint density at radius 1 is 1.27 bits per heavy atom. The Bertz CT molecular complexity index is 559. The lowest BCUT2D eigenvalue weighted by Gasteiger charge is -2.20. The fraction of sp³-hybridized carbons (Fsp3) is 0.417. The summed E-state index contributed by atoms with van der Waals surface area (Å²) in [6.07, 6.45) is -6.92. The van der Waals surface area contributed by atoms with Crippen molar-refractivity contribution in [2.45, 2.75) is 22.4 Å². The van der Waals surface area contributed by atoms with Crippen molar-refractivity contribution in [1.82, 2.24) is 0 Å². The van der Waals surface area contributed by atoms with Crippen molar-refractivity contribution in [3.8, 4) is 6.07 Å². The predicted molar refractivity (Wildman–Crippen MR) is 69.6 cm³/mol. The van der Waals surface area contributed by atoms with Gasteiger partial charge in [-0.15, -0.1) is 0 Å². The minimum absolute atomic E-state index is 0.0158. The van der Waals surface area contributed by atoms with E-state index in [1.807, 2.05) is 0 Å². The van der Waals surface area contributed by atoms with E-state index in [-0.39, 0.29) is 12.2 Å². The number of thioether (sulfide) groups is 1. The molecule has 1 rings (SSSR count). The molecule has 3 N–H and O–H groups in total. The van der Waals surface area contributed by atoms with Gasteiger partial charge in [0.1, 0.15) is 6.07 Å². The summed E-state index contributed by atoms with van der Waals surface area (Å²) in [6, 6.07) is 5.01. The molecule has 4 nitrogen and oxygen atoms in total. The molecule has 1 unspecified atom stereocenters. The first-order chi connectivity index (χ1) is 10.1. The predicted octanol–water partition coefficient (Wildman–Crippen LogP) is 2.57. The average molecular weight is 342 g/mol. The number of nitrogens with zero attached hydrogens (tertiary/aromatic N) is 1. The lowest BCUT2D eigenvalue weighted by molar-refractivity contribution is -0.237. The third-order valence-corrected chi connectivity index (χ3v) is 3.49. The second kappa shape index (κ2) is 7.13. The van der Waals surface area contributed by atoms with Crippen LogP contribution >= 0.6 is 11.8 Å². The Labute approximate surface area is 126 Å². The van der Waals surface area contributed by atoms with Crippen LogP contribution < -0.4 is 5.32 Å². The zero-order valence-electron chi connectivity index (χ0n) is 10.9. The van der Waals surface area contributed by atoms with Crippen LogP contribution in [0.25, 0.3) is 0 Å². The van der Waals surface area contributed by atoms with Crippen LogP contribution in [0, 0.1) is 11.3 Å². The van der Waals surface area contributed by atoms with Crippen LogP contribution in [-0.4, -0.2) is 40.9 Å². The van der Waals surface area contributed by atoms with Gasteiger partial charge in [0.05, 0.1) is 24.0 Å². The monoisotopic (exact) mass is 342 g/mol. The Kier molecular flexibility index (Phi) is 5.99. The smallest absolute Gasteiger partial charge is 0.394 e. The molecular weight excluding hydrogens is 331 g/mol. The quantitative estimate of drug-likeness (QED) is 0.547. The third kappa shape index (κ3) is 4.46. The fourth-order valence-corrected chi connectivity index (χ4v) is 2.16. The number of benzene rings is 1. The molecule has 0 radical (unpaired) electrons. The topological polar surface area (TPSA) is 76.3 Å². The number of hydrogen-bond donors (Lipinski definition) is 3. The highest BCUT2D eigenvalue weighted by atomic mass is 32.2. The van der Waals surface area contributed by atoms with E-state index in [9.17, 15) is 27.1 Å². The van der Waals surface area contributed by atoms with Gasteiger partial charge in [-0.1, -0.05) is 6.07 Å². The molecule has 22 heavy (non-hydrogen) atoms. The number of hydrogen-bond acceptors (Lipinski definition) is 5. The minimum atomic E-state index is -5.75. The van der Waals surface area contributed by atoms with E-state index >= 15 is 0 Å². The molecule has 0 spiro atoms. The molecule has 1 aromatic carbocycles. The van der Waals surface area contributed by atoms with Crippen molar-refractivity contribution in [2.24, 2.45) is 0 Å². The summed E-state index contributed by atoms with van der Waals surface area (Å²) < 4.78 is 62.8. The summed E-state index contributed by atoms with van der Waals surface area (Å²) in [4.78, 5) is -0.548. The molecule has 0 aliphatic rings. The molecule has 0 aliphatic carbocycles. The van der Waals surface area contributed by atoms with Crippen LogP contribution in [0.15, 0.2) is 23.1 Å². The standard InChI is InChI=1S/C12H11F5N2O2S/c13-11(14,15)12(16,17)22-10-3-1-2-9(8(10)4-18)19-5-7(21)6-20/h1-3,7,19-21H,5-6H2. The molecule has 0 fully saturated rings. The van der Waals surface area contributed by atoms with Gasteiger partial charge in [-0.3, -0.25) is 0 Å². The van der Waals surface area contributed by atoms with Crippen LogP contribution in [0.5, 0.6) is 0 Å². The van der Waals surface area contributed by atoms with E-state index in [1.165, 1.54) is 12.1 Å². The number of rotatable bonds is 6. The van der Waals surface area contributed by atoms with E-state index in [1.54, 1.807) is 6.07 Å². The maximum Gasteiger partial charge on any atom is 0.464 e. The summed E-state index contributed by atoms with van der Waals surface area (Å²) in [5, 5.41) is 24.3. The van der Waals surface area contributed by atoms with Crippen molar-refractivity contribution < 1.29 is 32.2 Å². The minimum Gasteiger partial charge on any atom is -0.394 e. The molecule has 0 heterocycles. The van der Waals surface area contributed by atoms with Gasteiger partial charge in [-0.05, 0) is 23.9 Å². The average Bonchev–Trinajstić information content (AvgIpc) is 2.43. The van der Waals surface area contributed by atoms with E-state index in [0.717, 1.165) is 6.07 Å². The first kappa shape index (κ1) is 18.5. The van der Waals surface area contributed by atoms with Crippen molar-refractivity contribution in [2.75, 3.05) is 18.5 Å². The molecule has 122 valence electrons. The van der Waals surface area contributed by atoms with Crippen LogP contribution in [0.4, 0.5) is 27.6 Å². The number of nitrogens with one attached hydrogen (secondary N) is 1. The van der Waals surface area contributed by atoms with E-state index in [0.29, 0.717) is 0 Å². The molecule has 10 heteroatoms. The number of aliphatic hydroxyl groups is 2. The molecular formula is C12H11F5N2O2S. The summed E-state index contributed by atoms with van der Waals surface area (Å²) in [6.45, 7) is -0.773. The van der Waals surface area contributed by atoms with Gasteiger partial charge in [-0.25, -0.2) is 0 Å². The maximum absolute atomic E-state index is 13.1. The Morgan fingerprint density at radius 3 is 2.41 bits per heavy atom. The van der Waals surface area contributed by atoms with Gasteiger partial charge in [0.15, 0.2) is 0 Å². The fourth-order valence-electron chi connectivity index (χ4n) is 1.37. The number of halogens is 5. The van der Waals surface area contributed by atoms with Crippen molar-refractivity contribution in [3.63, 3.8) is 0 Å². The van der Waals surface area contributed by atoms with E-state index in [2.05, 4.69) is 5.32 Å². The first-order valence-electron chi connectivity index (χ1n) is 5.82. The molecule has 0 amide bonds. The highest BCUT2D eigenvalue weighted by Crippen LogP contribution is 2.48. The van der Waals surface area contributed by atoms with E-state index in [4.69, 9.17) is 10.4 Å². The van der Waals surface area contributed by atoms with E-state index < -0.39 is 46.4 Å². The van der Waals surface area contributed by atoms with Gasteiger partial charge in [-0.2, -0.15) is 27.2 Å². The molecule has 1 aromatic rings. The van der Waals surface area contributed by atoms with Crippen LogP contribution in [0.2, 0.25) is 0 Å². The Balaban J connectivity index is 3.05. The van der Waals surface area contributed by atoms with Crippen molar-refractivity contribution in [1.29, 1.82) is 5.26 Å². The van der Waals surface area contributed by atoms with Gasteiger partial charge >= 0.3 is 11.4 Å². The molecule has 0 bridgehead atoms. The zero-order valence-corrected chi connectivity index (χ0v) is 11.7. The zero-order chi connectivity index (χ0) is 17.0. The second-order valence-corrected chi connectivity index (χ2v) is 5.28. The second-order valence-electron chi connectivity index (χ2n) is 4.12. The number of alkyl halides is 5. The molecule has 1 atom stereocenters. The molecule has 0 aliphatic heterocycles. The normalized spacial score (nSPS) is 13.5. The summed E-state index contributed by atoms with van der Waals surface area (Å²) in [5.74, 6) is 0. The van der Waals surface area contributed by atoms with Crippen LogP contribution in [0.3, 0.4) is 0 Å². The van der Waals surface area contributed by atoms with Crippen LogP contribution in [-0.2, 0) is 0 Å². The third-order valence-electron chi connectivity index (χ3n) is 2.45. The summed E-state index contributed by atoms with van der Waals surface area (Å²) in [5.41, 5.74) is -0.417. The largest absolute Gasteiger partial charge is 0.464 e. The van der Waals surface area contributed by atoms with Crippen molar-refractivity contribution >= 4 is 17.4 Å². The van der Waals surface area contributed by atoms with Gasteiger partial charge in [0, 0.05) is 11.4 Å². The highest BCUT2D eigenvalue weighted by Gasteiger charge is 2.58. The SMILES string of the molecule is N#Cc1c(NCC(O)CO)cccc1SC(F)(F)C(F)(F)F. The maximum atomic E-state index is 13.1. The Morgan fingerprint density at radius 2 is 1.91 bits per heavy atom. The highest BCUT2D eigenvalue weighted by molar-refractivity contribution is 8.00. The van der Waals surface area contributed by atoms with Gasteiger partial charge in [0.25, 0.3) is 0 Å². The summed E-state index contributed by atoms with van der Waals surface area (Å²) >= 11 is -0.775. The lowest BCUT2D eigenvalue weighted by Crippen LogP contribution is -2.32. The Hall–Kier alpha value is -1.57. The van der Waals surface area contributed by atoms with Gasteiger partial charge < -0.3 is 15.5 Å². The number of nitriles is 1. The summed E-state index contributed by atoms with van der Waals surface area (Å²) in [7, 11) is 0. The molecule has 0 saturated carbocycles. The van der Waals surface area contributed by atoms with Gasteiger partial charge in [0.2, 0.25) is 0 Å². The molecule has 0 aromatic heterocycles. The van der Waals surface area contributed by atoms with Crippen molar-refractivity contribution in [3.05, 3.63) is 23.8 Å². The lowest BCUT2D eigenvalue weighted by atomic mass is 10.2. The number of anilines is 1. The molecule has 0 saturated heterocycles.